The maximum Gasteiger partial charge on any atom is 0.129 e. The number of allylic oxidation sites excluding steroid dienone is 1. The molecule has 0 spiro atoms. The fourth-order valence-electron chi connectivity index (χ4n) is 2.44. The number of nitrogens with one attached hydrogen (secondary N) is 1. The Morgan fingerprint density at radius 3 is 2.89 bits per heavy atom. The van der Waals surface area contributed by atoms with E-state index < -0.39 is 0 Å². The van der Waals surface area contributed by atoms with Gasteiger partial charge in [0.05, 0.1) is 13.2 Å². The van der Waals surface area contributed by atoms with Crippen molar-refractivity contribution < 1.29 is 4.74 Å². The zero-order chi connectivity index (χ0) is 12.8. The normalized spacial score (nSPS) is 18.7. The summed E-state index contributed by atoms with van der Waals surface area (Å²) in [6.07, 6.45) is 9.96. The fourth-order valence-corrected chi connectivity index (χ4v) is 3.40. The minimum atomic E-state index is 0.150. The Labute approximate surface area is 113 Å². The van der Waals surface area contributed by atoms with E-state index in [0.717, 1.165) is 12.2 Å². The summed E-state index contributed by atoms with van der Waals surface area (Å²) < 4.78 is 5.24. The summed E-state index contributed by atoms with van der Waals surface area (Å²) in [5.74, 6) is 6.67. The van der Waals surface area contributed by atoms with Crippen LogP contribution in [0.3, 0.4) is 0 Å². The molecular weight excluding hydrogens is 244 g/mol. The number of thiophene rings is 1. The van der Waals surface area contributed by atoms with Crippen molar-refractivity contribution >= 4 is 11.3 Å². The van der Waals surface area contributed by atoms with Gasteiger partial charge in [-0.15, -0.1) is 11.3 Å². The lowest BCUT2D eigenvalue weighted by atomic mass is 9.94. The van der Waals surface area contributed by atoms with Crippen LogP contribution in [-0.2, 0) is 0 Å². The van der Waals surface area contributed by atoms with Crippen molar-refractivity contribution in [2.45, 2.75) is 44.6 Å². The number of hydrogen-bond donors (Lipinski definition) is 2. The number of nitrogens with two attached hydrogens (primary N) is 1. The molecule has 4 heteroatoms. The van der Waals surface area contributed by atoms with Crippen LogP contribution >= 0.6 is 11.3 Å². The average molecular weight is 266 g/mol. The third-order valence-electron chi connectivity index (χ3n) is 3.48. The van der Waals surface area contributed by atoms with Crippen LogP contribution in [0.1, 0.15) is 49.4 Å². The number of ether oxygens (including phenoxy) is 1. The van der Waals surface area contributed by atoms with Crippen molar-refractivity contribution in [2.24, 2.45) is 5.84 Å². The van der Waals surface area contributed by atoms with Crippen LogP contribution in [0.2, 0.25) is 0 Å². The van der Waals surface area contributed by atoms with Crippen molar-refractivity contribution in [2.75, 3.05) is 7.11 Å². The van der Waals surface area contributed by atoms with Crippen LogP contribution in [0, 0.1) is 0 Å². The second-order valence-corrected chi connectivity index (χ2v) is 5.66. The Morgan fingerprint density at radius 2 is 2.17 bits per heavy atom. The minimum Gasteiger partial charge on any atom is -0.496 e. The van der Waals surface area contributed by atoms with Crippen LogP contribution in [-0.4, -0.2) is 7.11 Å². The van der Waals surface area contributed by atoms with Gasteiger partial charge in [-0.3, -0.25) is 5.84 Å². The highest BCUT2D eigenvalue weighted by Gasteiger charge is 2.18. The molecular formula is C14H22N2OS. The number of hydrazine groups is 1. The fraction of sp³-hybridized carbons (Fsp3) is 0.571. The molecule has 0 fully saturated rings. The molecule has 1 atom stereocenters. The van der Waals surface area contributed by atoms with Gasteiger partial charge in [0.25, 0.3) is 0 Å². The van der Waals surface area contributed by atoms with E-state index in [4.69, 9.17) is 10.6 Å². The number of hydrogen-bond acceptors (Lipinski definition) is 4. The molecule has 1 aliphatic rings. The molecule has 0 saturated heterocycles. The Bertz CT molecular complexity index is 400. The molecule has 0 bridgehead atoms. The molecule has 0 amide bonds. The second kappa shape index (κ2) is 6.92. The monoisotopic (exact) mass is 266 g/mol. The molecule has 1 unspecified atom stereocenters. The Hall–Kier alpha value is -0.840. The SMILES string of the molecule is COc1csc(C(NN)C2=CCCCCCC2)c1. The van der Waals surface area contributed by atoms with E-state index in [9.17, 15) is 0 Å². The molecule has 1 aromatic heterocycles. The first kappa shape index (κ1) is 13.6. The van der Waals surface area contributed by atoms with Crippen molar-refractivity contribution in [3.63, 3.8) is 0 Å². The van der Waals surface area contributed by atoms with Crippen LogP contribution in [0.15, 0.2) is 23.1 Å². The standard InChI is InChI=1S/C14H22N2OS/c1-17-12-9-13(18-10-12)14(16-15)11-7-5-3-2-4-6-8-11/h7,9-10,14,16H,2-6,8,15H2,1H3. The van der Waals surface area contributed by atoms with Crippen molar-refractivity contribution in [1.82, 2.24) is 5.43 Å². The van der Waals surface area contributed by atoms with E-state index in [0.29, 0.717) is 0 Å². The van der Waals surface area contributed by atoms with Gasteiger partial charge >= 0.3 is 0 Å². The van der Waals surface area contributed by atoms with Gasteiger partial charge in [-0.25, -0.2) is 5.43 Å². The molecule has 100 valence electrons. The van der Waals surface area contributed by atoms with Gasteiger partial charge in [0.2, 0.25) is 0 Å². The van der Waals surface area contributed by atoms with Gasteiger partial charge in [-0.1, -0.05) is 24.5 Å². The lowest BCUT2D eigenvalue weighted by molar-refractivity contribution is 0.416. The zero-order valence-corrected chi connectivity index (χ0v) is 11.8. The molecule has 0 saturated carbocycles. The van der Waals surface area contributed by atoms with Gasteiger partial charge in [-0.2, -0.15) is 0 Å². The molecule has 3 nitrogen and oxygen atoms in total. The van der Waals surface area contributed by atoms with E-state index in [1.807, 2.05) is 5.38 Å². The van der Waals surface area contributed by atoms with E-state index in [1.54, 1.807) is 18.4 Å². The van der Waals surface area contributed by atoms with E-state index in [-0.39, 0.29) is 6.04 Å². The van der Waals surface area contributed by atoms with Gasteiger partial charge in [0.15, 0.2) is 0 Å². The van der Waals surface area contributed by atoms with Gasteiger partial charge in [0, 0.05) is 10.3 Å². The maximum absolute atomic E-state index is 5.75. The topological polar surface area (TPSA) is 47.3 Å². The average Bonchev–Trinajstić information content (AvgIpc) is 2.81. The van der Waals surface area contributed by atoms with Crippen molar-refractivity contribution in [1.29, 1.82) is 0 Å². The Balaban J connectivity index is 2.15. The molecule has 0 radical (unpaired) electrons. The third kappa shape index (κ3) is 3.34. The highest BCUT2D eigenvalue weighted by molar-refractivity contribution is 7.10. The molecule has 1 aromatic rings. The second-order valence-electron chi connectivity index (χ2n) is 4.72. The van der Waals surface area contributed by atoms with Crippen LogP contribution in [0.4, 0.5) is 0 Å². The highest BCUT2D eigenvalue weighted by atomic mass is 32.1. The summed E-state index contributed by atoms with van der Waals surface area (Å²) >= 11 is 1.70. The predicted octanol–water partition coefficient (Wildman–Crippen LogP) is 3.54. The summed E-state index contributed by atoms with van der Waals surface area (Å²) in [6.45, 7) is 0. The summed E-state index contributed by atoms with van der Waals surface area (Å²) in [5, 5.41) is 2.03. The first-order valence-corrected chi connectivity index (χ1v) is 7.50. The number of methoxy groups -OCH3 is 1. The van der Waals surface area contributed by atoms with Crippen LogP contribution in [0.5, 0.6) is 5.75 Å². The third-order valence-corrected chi connectivity index (χ3v) is 4.46. The van der Waals surface area contributed by atoms with Crippen LogP contribution < -0.4 is 16.0 Å². The number of rotatable bonds is 4. The van der Waals surface area contributed by atoms with Gasteiger partial charge < -0.3 is 4.74 Å². The van der Waals surface area contributed by atoms with Crippen molar-refractivity contribution in [3.8, 4) is 5.75 Å². The largest absolute Gasteiger partial charge is 0.496 e. The first-order chi connectivity index (χ1) is 8.85. The summed E-state index contributed by atoms with van der Waals surface area (Å²) in [4.78, 5) is 1.24. The summed E-state index contributed by atoms with van der Waals surface area (Å²) in [6, 6.07) is 2.23. The summed E-state index contributed by atoms with van der Waals surface area (Å²) in [5.41, 5.74) is 4.39. The molecule has 1 aliphatic carbocycles. The highest BCUT2D eigenvalue weighted by Crippen LogP contribution is 2.33. The molecule has 2 rings (SSSR count). The maximum atomic E-state index is 5.75. The molecule has 18 heavy (non-hydrogen) atoms. The lowest BCUT2D eigenvalue weighted by Crippen LogP contribution is -2.29. The molecule has 0 aliphatic heterocycles. The smallest absolute Gasteiger partial charge is 0.129 e. The quantitative estimate of drug-likeness (QED) is 0.498. The Morgan fingerprint density at radius 1 is 1.33 bits per heavy atom. The van der Waals surface area contributed by atoms with Gasteiger partial charge in [0.1, 0.15) is 5.75 Å². The van der Waals surface area contributed by atoms with Crippen molar-refractivity contribution in [3.05, 3.63) is 28.0 Å². The summed E-state index contributed by atoms with van der Waals surface area (Å²) in [7, 11) is 1.70. The van der Waals surface area contributed by atoms with Gasteiger partial charge in [-0.05, 0) is 31.7 Å². The molecule has 1 heterocycles. The van der Waals surface area contributed by atoms with Crippen LogP contribution in [0.25, 0.3) is 0 Å². The molecule has 3 N–H and O–H groups in total. The van der Waals surface area contributed by atoms with E-state index in [1.165, 1.54) is 42.6 Å². The Kier molecular flexibility index (Phi) is 5.23. The van der Waals surface area contributed by atoms with E-state index >= 15 is 0 Å². The molecule has 0 aromatic carbocycles. The lowest BCUT2D eigenvalue weighted by Gasteiger charge is -2.20. The van der Waals surface area contributed by atoms with E-state index in [2.05, 4.69) is 17.6 Å². The predicted molar refractivity (Wildman–Crippen MR) is 76.7 cm³/mol. The minimum absolute atomic E-state index is 0.150. The zero-order valence-electron chi connectivity index (χ0n) is 10.9. The first-order valence-electron chi connectivity index (χ1n) is 6.62.